The Morgan fingerprint density at radius 1 is 1.13 bits per heavy atom. The number of rotatable bonds is 8. The Labute approximate surface area is 202 Å². The molecule has 1 amide bonds. The minimum Gasteiger partial charge on any atom is -0.489 e. The first-order valence-corrected chi connectivity index (χ1v) is 10.7. The van der Waals surface area contributed by atoms with Crippen LogP contribution < -0.4 is 15.4 Å². The second kappa shape index (κ2) is 13.2. The molecule has 3 rings (SSSR count). The van der Waals surface area contributed by atoms with E-state index in [1.165, 1.54) is 5.56 Å². The zero-order valence-corrected chi connectivity index (χ0v) is 20.7. The third-order valence-electron chi connectivity index (χ3n) is 5.29. The zero-order valence-electron chi connectivity index (χ0n) is 18.3. The number of carbonyl (C=O) groups excluding carboxylic acids is 1. The number of likely N-dealkylation sites (tertiary alicyclic amines) is 1. The average molecular weight is 536 g/mol. The van der Waals surface area contributed by atoms with E-state index in [2.05, 4.69) is 39.9 Å². The van der Waals surface area contributed by atoms with Gasteiger partial charge in [-0.25, -0.2) is 0 Å². The lowest BCUT2D eigenvalue weighted by Crippen LogP contribution is -2.45. The van der Waals surface area contributed by atoms with E-state index in [-0.39, 0.29) is 35.9 Å². The van der Waals surface area contributed by atoms with Crippen LogP contribution in [0.3, 0.4) is 0 Å². The van der Waals surface area contributed by atoms with Crippen molar-refractivity contribution in [3.63, 3.8) is 0 Å². The number of ether oxygens (including phenoxy) is 1. The van der Waals surface area contributed by atoms with Gasteiger partial charge in [0, 0.05) is 39.1 Å². The van der Waals surface area contributed by atoms with Crippen molar-refractivity contribution in [3.8, 4) is 5.75 Å². The quantitative estimate of drug-likeness (QED) is 0.308. The first-order chi connectivity index (χ1) is 14.7. The van der Waals surface area contributed by atoms with E-state index in [0.717, 1.165) is 49.7 Å². The Morgan fingerprint density at radius 2 is 1.87 bits per heavy atom. The van der Waals surface area contributed by atoms with Gasteiger partial charge in [-0.15, -0.1) is 24.0 Å². The monoisotopic (exact) mass is 536 g/mol. The van der Waals surface area contributed by atoms with Gasteiger partial charge in [0.25, 0.3) is 0 Å². The highest BCUT2D eigenvalue weighted by Gasteiger charge is 2.25. The van der Waals surface area contributed by atoms with Crippen molar-refractivity contribution < 1.29 is 9.53 Å². The van der Waals surface area contributed by atoms with E-state index in [1.807, 2.05) is 42.2 Å². The Morgan fingerprint density at radius 3 is 2.55 bits per heavy atom. The summed E-state index contributed by atoms with van der Waals surface area (Å²) in [6, 6.07) is 18.7. The van der Waals surface area contributed by atoms with Crippen LogP contribution >= 0.6 is 24.0 Å². The summed E-state index contributed by atoms with van der Waals surface area (Å²) in [5.41, 5.74) is 2.40. The molecule has 1 heterocycles. The summed E-state index contributed by atoms with van der Waals surface area (Å²) in [6.07, 6.45) is 2.41. The summed E-state index contributed by atoms with van der Waals surface area (Å²) in [4.78, 5) is 18.1. The molecule has 1 aliphatic rings. The number of carbonyl (C=O) groups is 1. The molecule has 1 fully saturated rings. The van der Waals surface area contributed by atoms with Gasteiger partial charge in [-0.3, -0.25) is 9.79 Å². The maximum absolute atomic E-state index is 11.8. The summed E-state index contributed by atoms with van der Waals surface area (Å²) in [5, 5.41) is 6.80. The molecular formula is C24H33IN4O2. The van der Waals surface area contributed by atoms with Crippen LogP contribution in [0.5, 0.6) is 5.75 Å². The summed E-state index contributed by atoms with van der Waals surface area (Å²) in [7, 11) is 1.78. The predicted molar refractivity (Wildman–Crippen MR) is 136 cm³/mol. The van der Waals surface area contributed by atoms with E-state index in [1.54, 1.807) is 7.05 Å². The van der Waals surface area contributed by atoms with Gasteiger partial charge in [0.05, 0.1) is 0 Å². The molecule has 1 atom stereocenters. The molecule has 2 aromatic carbocycles. The van der Waals surface area contributed by atoms with Gasteiger partial charge in [0.2, 0.25) is 5.91 Å². The summed E-state index contributed by atoms with van der Waals surface area (Å²) >= 11 is 0. The maximum Gasteiger partial charge on any atom is 0.222 e. The van der Waals surface area contributed by atoms with Crippen molar-refractivity contribution in [2.45, 2.75) is 38.8 Å². The smallest absolute Gasteiger partial charge is 0.222 e. The first kappa shape index (κ1) is 25.0. The molecule has 2 N–H and O–H groups in total. The average Bonchev–Trinajstić information content (AvgIpc) is 3.26. The minimum absolute atomic E-state index is 0. The largest absolute Gasteiger partial charge is 0.489 e. The summed E-state index contributed by atoms with van der Waals surface area (Å²) in [5.74, 6) is 1.88. The van der Waals surface area contributed by atoms with E-state index < -0.39 is 0 Å². The van der Waals surface area contributed by atoms with Crippen LogP contribution in [0.4, 0.5) is 0 Å². The van der Waals surface area contributed by atoms with Gasteiger partial charge in [-0.2, -0.15) is 0 Å². The Bertz CT molecular complexity index is 827. The van der Waals surface area contributed by atoms with Gasteiger partial charge in [0.1, 0.15) is 12.4 Å². The van der Waals surface area contributed by atoms with Crippen LogP contribution in [0.1, 0.15) is 30.9 Å². The Balaban J connectivity index is 0.00000341. The number of hydrogen-bond acceptors (Lipinski definition) is 3. The molecular weight excluding hydrogens is 503 g/mol. The highest BCUT2D eigenvalue weighted by Crippen LogP contribution is 2.14. The molecule has 6 nitrogen and oxygen atoms in total. The Kier molecular flexibility index (Phi) is 10.6. The van der Waals surface area contributed by atoms with Crippen molar-refractivity contribution in [1.29, 1.82) is 0 Å². The highest BCUT2D eigenvalue weighted by molar-refractivity contribution is 14.0. The van der Waals surface area contributed by atoms with Gasteiger partial charge in [0.15, 0.2) is 5.96 Å². The number of benzene rings is 2. The van der Waals surface area contributed by atoms with Gasteiger partial charge < -0.3 is 20.3 Å². The highest BCUT2D eigenvalue weighted by atomic mass is 127. The standard InChI is InChI=1S/C24H32N4O2.HI/c1-3-23(29)28-16-14-21(17-28)27-24(25-2)26-15-13-19-9-11-22(12-10-19)30-18-20-7-5-4-6-8-20;/h4-12,21H,3,13-18H2,1-2H3,(H2,25,26,27);1H. The van der Waals surface area contributed by atoms with E-state index in [0.29, 0.717) is 13.0 Å². The van der Waals surface area contributed by atoms with Crippen LogP contribution in [0, 0.1) is 0 Å². The molecule has 0 saturated carbocycles. The number of aliphatic imine (C=N–C) groups is 1. The van der Waals surface area contributed by atoms with Crippen LogP contribution in [0.2, 0.25) is 0 Å². The molecule has 7 heteroatoms. The molecule has 0 bridgehead atoms. The molecule has 0 radical (unpaired) electrons. The molecule has 2 aromatic rings. The van der Waals surface area contributed by atoms with Crippen molar-refractivity contribution in [1.82, 2.24) is 15.5 Å². The molecule has 0 aliphatic carbocycles. The van der Waals surface area contributed by atoms with Crippen LogP contribution in [-0.4, -0.2) is 49.5 Å². The lowest BCUT2D eigenvalue weighted by Gasteiger charge is -2.18. The summed E-state index contributed by atoms with van der Waals surface area (Å²) < 4.78 is 5.84. The van der Waals surface area contributed by atoms with Crippen LogP contribution in [-0.2, 0) is 17.8 Å². The van der Waals surface area contributed by atoms with Crippen LogP contribution in [0.25, 0.3) is 0 Å². The SMILES string of the molecule is CCC(=O)N1CCC(NC(=NC)NCCc2ccc(OCc3ccccc3)cc2)C1.I. The lowest BCUT2D eigenvalue weighted by molar-refractivity contribution is -0.129. The number of amides is 1. The molecule has 168 valence electrons. The van der Waals surface area contributed by atoms with Crippen LogP contribution in [0.15, 0.2) is 59.6 Å². The number of halogens is 1. The van der Waals surface area contributed by atoms with Crippen molar-refractivity contribution in [2.75, 3.05) is 26.7 Å². The second-order valence-electron chi connectivity index (χ2n) is 7.49. The molecule has 0 spiro atoms. The minimum atomic E-state index is 0. The van der Waals surface area contributed by atoms with E-state index in [4.69, 9.17) is 4.74 Å². The number of nitrogens with zero attached hydrogens (tertiary/aromatic N) is 2. The third kappa shape index (κ3) is 8.05. The lowest BCUT2D eigenvalue weighted by atomic mass is 10.1. The van der Waals surface area contributed by atoms with Crippen molar-refractivity contribution in [2.24, 2.45) is 4.99 Å². The second-order valence-corrected chi connectivity index (χ2v) is 7.49. The molecule has 0 aromatic heterocycles. The molecule has 1 saturated heterocycles. The normalized spacial score (nSPS) is 15.9. The van der Waals surface area contributed by atoms with Crippen molar-refractivity contribution in [3.05, 3.63) is 65.7 Å². The fourth-order valence-electron chi connectivity index (χ4n) is 3.53. The zero-order chi connectivity index (χ0) is 21.2. The number of guanidine groups is 1. The number of hydrogen-bond donors (Lipinski definition) is 2. The molecule has 1 aliphatic heterocycles. The predicted octanol–water partition coefficient (Wildman–Crippen LogP) is 3.60. The molecule has 1 unspecified atom stereocenters. The van der Waals surface area contributed by atoms with Crippen molar-refractivity contribution >= 4 is 35.8 Å². The maximum atomic E-state index is 11.8. The Hall–Kier alpha value is -2.29. The van der Waals surface area contributed by atoms with Gasteiger partial charge >= 0.3 is 0 Å². The summed E-state index contributed by atoms with van der Waals surface area (Å²) in [6.45, 7) is 4.84. The topological polar surface area (TPSA) is 66.0 Å². The molecule has 31 heavy (non-hydrogen) atoms. The fourth-order valence-corrected chi connectivity index (χ4v) is 3.53. The van der Waals surface area contributed by atoms with E-state index >= 15 is 0 Å². The van der Waals surface area contributed by atoms with Gasteiger partial charge in [-0.1, -0.05) is 49.4 Å². The van der Waals surface area contributed by atoms with Gasteiger partial charge in [-0.05, 0) is 36.1 Å². The van der Waals surface area contributed by atoms with E-state index in [9.17, 15) is 4.79 Å². The third-order valence-corrected chi connectivity index (χ3v) is 5.29. The first-order valence-electron chi connectivity index (χ1n) is 10.7. The number of nitrogens with one attached hydrogen (secondary N) is 2. The fraction of sp³-hybridized carbons (Fsp3) is 0.417.